The lowest BCUT2D eigenvalue weighted by atomic mass is 9.99. The Kier molecular flexibility index (Phi) is 26.2. The SMILES string of the molecule is COCCOC.CP(C)(=O)Cc1ccc(F)cc1C#N.N#Cc1cc(F)ccc1/C=C/c1ccc(F)cc1.N#Cc1cc(F)ccc1CCc1ccc(F)cc1.O=C(O)c1cc(F)ccc1CCc1ccc(F)cc1. The van der Waals surface area contributed by atoms with Crippen molar-refractivity contribution in [2.24, 2.45) is 0 Å². The molecular weight excluding hydrogens is 995 g/mol. The number of aromatic carboxylic acids is 1. The molecule has 0 radical (unpaired) electrons. The Bertz CT molecular complexity index is 3140. The minimum atomic E-state index is -2.22. The highest BCUT2D eigenvalue weighted by Crippen LogP contribution is 2.41. The van der Waals surface area contributed by atoms with Crippen molar-refractivity contribution in [2.45, 2.75) is 31.8 Å². The van der Waals surface area contributed by atoms with Gasteiger partial charge in [0.1, 0.15) is 40.7 Å². The van der Waals surface area contributed by atoms with Crippen LogP contribution in [-0.4, -0.2) is 51.8 Å². The number of carboxylic acids is 1. The Morgan fingerprint density at radius 2 is 0.867 bits per heavy atom. The van der Waals surface area contributed by atoms with E-state index in [4.69, 9.17) is 20.9 Å². The fourth-order valence-corrected chi connectivity index (χ4v) is 7.69. The number of halogens is 7. The van der Waals surface area contributed by atoms with Crippen LogP contribution in [0.3, 0.4) is 0 Å². The normalized spacial score (nSPS) is 10.3. The summed E-state index contributed by atoms with van der Waals surface area (Å²) >= 11 is 0. The van der Waals surface area contributed by atoms with E-state index in [1.165, 1.54) is 97.1 Å². The minimum Gasteiger partial charge on any atom is -0.478 e. The summed E-state index contributed by atoms with van der Waals surface area (Å²) in [4.78, 5) is 11.0. The molecular formula is C59H53F7N3O5P. The molecule has 8 nitrogen and oxygen atoms in total. The summed E-state index contributed by atoms with van der Waals surface area (Å²) < 4.78 is 111. The van der Waals surface area contributed by atoms with E-state index in [9.17, 15) is 40.1 Å². The van der Waals surface area contributed by atoms with Crippen LogP contribution in [0.4, 0.5) is 30.7 Å². The van der Waals surface area contributed by atoms with E-state index in [-0.39, 0.29) is 34.1 Å². The number of benzene rings is 7. The zero-order chi connectivity index (χ0) is 55.3. The van der Waals surface area contributed by atoms with Crippen molar-refractivity contribution in [3.63, 3.8) is 0 Å². The molecule has 0 aliphatic carbocycles. The highest BCUT2D eigenvalue weighted by molar-refractivity contribution is 7.61. The molecule has 0 aromatic heterocycles. The van der Waals surface area contributed by atoms with Crippen molar-refractivity contribution < 1.29 is 54.7 Å². The number of aryl methyl sites for hydroxylation is 4. The second kappa shape index (κ2) is 32.1. The van der Waals surface area contributed by atoms with Crippen molar-refractivity contribution in [2.75, 3.05) is 40.8 Å². The quantitative estimate of drug-likeness (QED) is 0.0491. The van der Waals surface area contributed by atoms with Gasteiger partial charge in [-0.05, 0) is 163 Å². The third-order valence-corrected chi connectivity index (χ3v) is 11.5. The second-order valence-electron chi connectivity index (χ2n) is 16.6. The third kappa shape index (κ3) is 23.5. The fourth-order valence-electron chi connectivity index (χ4n) is 6.59. The fraction of sp³-hybridized carbons (Fsp3) is 0.186. The van der Waals surface area contributed by atoms with E-state index in [2.05, 4.69) is 9.47 Å². The Balaban J connectivity index is 0.000000255. The molecule has 7 aromatic carbocycles. The number of carboxylic acid groups (broad SMARTS) is 1. The van der Waals surface area contributed by atoms with Crippen LogP contribution in [0.1, 0.15) is 66.0 Å². The van der Waals surface area contributed by atoms with Crippen molar-refractivity contribution in [3.8, 4) is 18.2 Å². The molecule has 0 heterocycles. The Morgan fingerprint density at radius 3 is 1.31 bits per heavy atom. The van der Waals surface area contributed by atoms with E-state index < -0.39 is 36.4 Å². The molecule has 388 valence electrons. The maximum Gasteiger partial charge on any atom is 0.336 e. The molecule has 0 bridgehead atoms. The van der Waals surface area contributed by atoms with Gasteiger partial charge in [0.25, 0.3) is 0 Å². The highest BCUT2D eigenvalue weighted by Gasteiger charge is 2.13. The highest BCUT2D eigenvalue weighted by atomic mass is 31.2. The van der Waals surface area contributed by atoms with Crippen molar-refractivity contribution in [1.29, 1.82) is 15.8 Å². The summed E-state index contributed by atoms with van der Waals surface area (Å²) in [5, 5.41) is 35.5. The molecule has 7 aromatic rings. The van der Waals surface area contributed by atoms with Gasteiger partial charge in [0, 0.05) is 20.4 Å². The van der Waals surface area contributed by atoms with E-state index >= 15 is 0 Å². The van der Waals surface area contributed by atoms with Gasteiger partial charge in [-0.25, -0.2) is 35.5 Å². The first-order valence-electron chi connectivity index (χ1n) is 22.8. The monoisotopic (exact) mass is 1050 g/mol. The van der Waals surface area contributed by atoms with Crippen LogP contribution < -0.4 is 0 Å². The Morgan fingerprint density at radius 1 is 0.493 bits per heavy atom. The molecule has 0 aliphatic heterocycles. The molecule has 0 saturated heterocycles. The zero-order valence-corrected chi connectivity index (χ0v) is 42.4. The average molecular weight is 1050 g/mol. The van der Waals surface area contributed by atoms with Crippen LogP contribution in [-0.2, 0) is 45.9 Å². The predicted molar refractivity (Wildman–Crippen MR) is 277 cm³/mol. The van der Waals surface area contributed by atoms with Crippen molar-refractivity contribution >= 4 is 25.3 Å². The van der Waals surface area contributed by atoms with E-state index in [0.717, 1.165) is 28.3 Å². The summed E-state index contributed by atoms with van der Waals surface area (Å²) in [6.07, 6.45) is 6.16. The summed E-state index contributed by atoms with van der Waals surface area (Å²) in [5.41, 5.74) is 6.24. The molecule has 0 amide bonds. The van der Waals surface area contributed by atoms with E-state index in [1.54, 1.807) is 82.2 Å². The average Bonchev–Trinajstić information content (AvgIpc) is 3.39. The van der Waals surface area contributed by atoms with Gasteiger partial charge in [-0.1, -0.05) is 72.8 Å². The second-order valence-corrected chi connectivity index (χ2v) is 20.1. The molecule has 16 heteroatoms. The van der Waals surface area contributed by atoms with Gasteiger partial charge >= 0.3 is 5.97 Å². The van der Waals surface area contributed by atoms with Gasteiger partial charge < -0.3 is 19.1 Å². The van der Waals surface area contributed by atoms with Crippen LogP contribution in [0.25, 0.3) is 12.2 Å². The van der Waals surface area contributed by atoms with Gasteiger partial charge in [0.2, 0.25) is 0 Å². The van der Waals surface area contributed by atoms with Crippen LogP contribution in [0.2, 0.25) is 0 Å². The van der Waals surface area contributed by atoms with Crippen molar-refractivity contribution in [1.82, 2.24) is 0 Å². The lowest BCUT2D eigenvalue weighted by Gasteiger charge is -2.07. The van der Waals surface area contributed by atoms with Crippen LogP contribution >= 0.6 is 7.14 Å². The molecule has 0 atom stereocenters. The number of rotatable bonds is 14. The van der Waals surface area contributed by atoms with Gasteiger partial charge in [-0.3, -0.25) is 0 Å². The molecule has 7 rings (SSSR count). The zero-order valence-electron chi connectivity index (χ0n) is 41.5. The summed E-state index contributed by atoms with van der Waals surface area (Å²) in [7, 11) is 1.09. The van der Waals surface area contributed by atoms with Gasteiger partial charge in [0.15, 0.2) is 0 Å². The first-order valence-corrected chi connectivity index (χ1v) is 25.6. The van der Waals surface area contributed by atoms with Gasteiger partial charge in [-0.15, -0.1) is 0 Å². The third-order valence-electron chi connectivity index (χ3n) is 10.4. The molecule has 75 heavy (non-hydrogen) atoms. The van der Waals surface area contributed by atoms with Crippen LogP contribution in [0.15, 0.2) is 146 Å². The summed E-state index contributed by atoms with van der Waals surface area (Å²) in [6.45, 7) is 4.68. The number of hydrogen-bond donors (Lipinski definition) is 1. The maximum absolute atomic E-state index is 13.0. The number of carbonyl (C=O) groups is 1. The molecule has 0 saturated carbocycles. The molecule has 0 aliphatic rings. The van der Waals surface area contributed by atoms with Gasteiger partial charge in [0.05, 0.1) is 60.8 Å². The number of methoxy groups -OCH3 is 2. The molecule has 1 N–H and O–H groups in total. The Hall–Kier alpha value is -8.12. The van der Waals surface area contributed by atoms with E-state index in [0.29, 0.717) is 67.3 Å². The number of hydrogen-bond acceptors (Lipinski definition) is 7. The number of nitriles is 3. The van der Waals surface area contributed by atoms with E-state index in [1.807, 2.05) is 18.2 Å². The number of ether oxygens (including phenoxy) is 2. The topological polar surface area (TPSA) is 144 Å². The van der Waals surface area contributed by atoms with Crippen LogP contribution in [0, 0.1) is 74.7 Å². The predicted octanol–water partition coefficient (Wildman–Crippen LogP) is 14.2. The Labute approximate surface area is 432 Å². The minimum absolute atomic E-state index is 0.0258. The lowest BCUT2D eigenvalue weighted by molar-refractivity contribution is 0.0695. The molecule has 0 spiro atoms. The van der Waals surface area contributed by atoms with Gasteiger partial charge in [-0.2, -0.15) is 15.8 Å². The number of nitrogens with zero attached hydrogens (tertiary/aromatic N) is 3. The lowest BCUT2D eigenvalue weighted by Crippen LogP contribution is -2.04. The summed E-state index contributed by atoms with van der Waals surface area (Å²) in [6, 6.07) is 40.0. The standard InChI is InChI=1S/C15H11F2N.C15H9F2N.C15H12F2O2.C10H11FNOP.C4H10O2/c2*16-14-6-2-11(3-7-14)1-4-12-5-8-15(17)9-13(12)10-18;16-12-6-2-10(3-7-12)1-4-11-5-8-13(17)9-14(11)15(18)19;1-14(2,13)7-8-3-4-10(11)5-9(8)6-12;1-5-3-4-6-2/h2-3,5-9H,1,4H2;1-9H;2-3,5-9H,1,4H2,(H,18,19);3-5H,7H2,1-2H3;3-4H2,1-2H3/b;4-1+;;;. The molecule has 0 fully saturated rings. The first-order chi connectivity index (χ1) is 35.8. The largest absolute Gasteiger partial charge is 0.478 e. The molecule has 0 unspecified atom stereocenters. The first kappa shape index (κ1) is 61.2. The van der Waals surface area contributed by atoms with Crippen LogP contribution in [0.5, 0.6) is 0 Å². The maximum atomic E-state index is 13.0. The smallest absolute Gasteiger partial charge is 0.336 e. The van der Waals surface area contributed by atoms with Crippen molar-refractivity contribution in [3.05, 3.63) is 248 Å². The summed E-state index contributed by atoms with van der Waals surface area (Å²) in [5.74, 6) is -3.87.